The zero-order valence-corrected chi connectivity index (χ0v) is 14.4. The van der Waals surface area contributed by atoms with Gasteiger partial charge in [0.05, 0.1) is 5.92 Å². The van der Waals surface area contributed by atoms with Crippen LogP contribution in [0.4, 0.5) is 0 Å². The topological polar surface area (TPSA) is 61.4 Å². The molecule has 0 saturated carbocycles. The molecule has 5 heteroatoms. The second kappa shape index (κ2) is 7.34. The zero-order valence-electron chi connectivity index (χ0n) is 14.4. The van der Waals surface area contributed by atoms with Crippen LogP contribution in [-0.2, 0) is 16.1 Å². The predicted molar refractivity (Wildman–Crippen MR) is 93.2 cm³/mol. The number of hydrogen-bond acceptors (Lipinski definition) is 3. The molecule has 24 heavy (non-hydrogen) atoms. The summed E-state index contributed by atoms with van der Waals surface area (Å²) in [6, 6.07) is 9.93. The van der Waals surface area contributed by atoms with Crippen LogP contribution in [-0.4, -0.2) is 42.9 Å². The lowest BCUT2D eigenvalue weighted by Crippen LogP contribution is -2.44. The third-order valence-electron chi connectivity index (χ3n) is 5.30. The fourth-order valence-electron chi connectivity index (χ4n) is 3.56. The van der Waals surface area contributed by atoms with E-state index < -0.39 is 0 Å². The molecular weight excluding hydrogens is 302 g/mol. The predicted octanol–water partition coefficient (Wildman–Crippen LogP) is 1.54. The number of likely N-dealkylation sites (tertiary alicyclic amines) is 1. The molecule has 130 valence electrons. The summed E-state index contributed by atoms with van der Waals surface area (Å²) in [5.41, 5.74) is 1.28. The van der Waals surface area contributed by atoms with Crippen molar-refractivity contribution in [3.05, 3.63) is 35.9 Å². The number of hydrogen-bond donors (Lipinski definition) is 2. The highest BCUT2D eigenvalue weighted by Gasteiger charge is 2.35. The van der Waals surface area contributed by atoms with E-state index in [4.69, 9.17) is 0 Å². The Balaban J connectivity index is 1.50. The number of nitrogens with one attached hydrogen (secondary N) is 2. The Kier molecular flexibility index (Phi) is 5.19. The highest BCUT2D eigenvalue weighted by molar-refractivity contribution is 5.89. The number of rotatable bonds is 5. The maximum absolute atomic E-state index is 12.5. The van der Waals surface area contributed by atoms with Crippen LogP contribution < -0.4 is 10.6 Å². The van der Waals surface area contributed by atoms with Crippen LogP contribution in [0.3, 0.4) is 0 Å². The lowest BCUT2D eigenvalue weighted by molar-refractivity contribution is -0.129. The van der Waals surface area contributed by atoms with E-state index in [-0.39, 0.29) is 23.1 Å². The van der Waals surface area contributed by atoms with Crippen LogP contribution >= 0.6 is 0 Å². The number of carbonyl (C=O) groups excluding carboxylic acids is 2. The van der Waals surface area contributed by atoms with Crippen molar-refractivity contribution in [1.82, 2.24) is 15.5 Å². The molecule has 2 aliphatic rings. The molecule has 1 aromatic carbocycles. The lowest BCUT2D eigenvalue weighted by Gasteiger charge is -2.34. The average molecular weight is 329 g/mol. The van der Waals surface area contributed by atoms with Gasteiger partial charge >= 0.3 is 0 Å². The lowest BCUT2D eigenvalue weighted by atomic mass is 9.81. The minimum Gasteiger partial charge on any atom is -0.355 e. The monoisotopic (exact) mass is 329 g/mol. The van der Waals surface area contributed by atoms with Crippen molar-refractivity contribution in [2.45, 2.75) is 32.7 Å². The summed E-state index contributed by atoms with van der Waals surface area (Å²) < 4.78 is 0. The Morgan fingerprint density at radius 2 is 2.00 bits per heavy atom. The van der Waals surface area contributed by atoms with Gasteiger partial charge in [0, 0.05) is 26.1 Å². The van der Waals surface area contributed by atoms with E-state index in [1.807, 2.05) is 30.3 Å². The highest BCUT2D eigenvalue weighted by atomic mass is 16.2. The number of benzene rings is 1. The first-order valence-corrected chi connectivity index (χ1v) is 8.86. The van der Waals surface area contributed by atoms with E-state index in [2.05, 4.69) is 17.6 Å². The molecular formula is C19H27N3O2. The fraction of sp³-hybridized carbons (Fsp3) is 0.579. The van der Waals surface area contributed by atoms with Gasteiger partial charge in [0.1, 0.15) is 0 Å². The number of piperidine rings is 1. The van der Waals surface area contributed by atoms with E-state index in [1.165, 1.54) is 0 Å². The fourth-order valence-corrected chi connectivity index (χ4v) is 3.56. The third-order valence-corrected chi connectivity index (χ3v) is 5.30. The average Bonchev–Trinajstić information content (AvgIpc) is 2.95. The first-order valence-electron chi connectivity index (χ1n) is 8.86. The summed E-state index contributed by atoms with van der Waals surface area (Å²) in [6.45, 7) is 6.08. The van der Waals surface area contributed by atoms with Gasteiger partial charge in [-0.25, -0.2) is 0 Å². The Hall–Kier alpha value is -1.88. The third kappa shape index (κ3) is 4.15. The van der Waals surface area contributed by atoms with E-state index in [0.29, 0.717) is 26.1 Å². The van der Waals surface area contributed by atoms with Crippen molar-refractivity contribution in [3.8, 4) is 0 Å². The Bertz CT molecular complexity index is 582. The maximum atomic E-state index is 12.5. The summed E-state index contributed by atoms with van der Waals surface area (Å²) in [5.74, 6) is -0.114. The van der Waals surface area contributed by atoms with Gasteiger partial charge in [0.15, 0.2) is 0 Å². The summed E-state index contributed by atoms with van der Waals surface area (Å²) in [5, 5.41) is 6.45. The van der Waals surface area contributed by atoms with E-state index in [1.54, 1.807) is 4.90 Å². The summed E-state index contributed by atoms with van der Waals surface area (Å²) >= 11 is 0. The zero-order chi connectivity index (χ0) is 17.0. The summed E-state index contributed by atoms with van der Waals surface area (Å²) in [6.07, 6.45) is 2.49. The number of carbonyl (C=O) groups is 2. The van der Waals surface area contributed by atoms with E-state index in [9.17, 15) is 9.59 Å². The largest absolute Gasteiger partial charge is 0.355 e. The molecule has 2 heterocycles. The number of nitrogens with zero attached hydrogens (tertiary/aromatic N) is 1. The van der Waals surface area contributed by atoms with Crippen molar-refractivity contribution in [2.75, 3.05) is 26.2 Å². The van der Waals surface area contributed by atoms with Gasteiger partial charge in [-0.1, -0.05) is 37.3 Å². The molecule has 5 nitrogen and oxygen atoms in total. The van der Waals surface area contributed by atoms with Crippen molar-refractivity contribution in [1.29, 1.82) is 0 Å². The molecule has 3 rings (SSSR count). The van der Waals surface area contributed by atoms with Gasteiger partial charge in [-0.05, 0) is 36.9 Å². The highest BCUT2D eigenvalue weighted by Crippen LogP contribution is 2.27. The van der Waals surface area contributed by atoms with Gasteiger partial charge in [-0.15, -0.1) is 0 Å². The maximum Gasteiger partial charge on any atom is 0.225 e. The summed E-state index contributed by atoms with van der Waals surface area (Å²) in [7, 11) is 0. The molecule has 1 atom stereocenters. The van der Waals surface area contributed by atoms with Crippen molar-refractivity contribution in [3.63, 3.8) is 0 Å². The Morgan fingerprint density at radius 1 is 1.29 bits per heavy atom. The molecule has 2 N–H and O–H groups in total. The summed E-state index contributed by atoms with van der Waals surface area (Å²) in [4.78, 5) is 26.5. The van der Waals surface area contributed by atoms with E-state index >= 15 is 0 Å². The van der Waals surface area contributed by atoms with E-state index in [0.717, 1.165) is 31.5 Å². The second-order valence-corrected chi connectivity index (χ2v) is 7.44. The van der Waals surface area contributed by atoms with Crippen molar-refractivity contribution < 1.29 is 9.59 Å². The molecule has 0 aromatic heterocycles. The first-order chi connectivity index (χ1) is 11.6. The van der Waals surface area contributed by atoms with Crippen LogP contribution in [0.25, 0.3) is 0 Å². The van der Waals surface area contributed by atoms with Crippen LogP contribution in [0.2, 0.25) is 0 Å². The molecule has 0 radical (unpaired) electrons. The minimum atomic E-state index is -0.216. The van der Waals surface area contributed by atoms with Crippen molar-refractivity contribution >= 4 is 11.8 Å². The Morgan fingerprint density at radius 3 is 2.71 bits per heavy atom. The quantitative estimate of drug-likeness (QED) is 0.861. The molecule has 0 aliphatic carbocycles. The van der Waals surface area contributed by atoms with Gasteiger partial charge < -0.3 is 15.5 Å². The molecule has 2 amide bonds. The second-order valence-electron chi connectivity index (χ2n) is 7.44. The Labute approximate surface area is 143 Å². The molecule has 2 aliphatic heterocycles. The molecule has 0 spiro atoms. The SMILES string of the molecule is CC1(CNC(=O)C2CC(=O)N(Cc3ccccc3)C2)CCNCC1. The van der Waals surface area contributed by atoms with Gasteiger partial charge in [0.25, 0.3) is 0 Å². The normalized spacial score (nSPS) is 23.3. The van der Waals surface area contributed by atoms with Crippen LogP contribution in [0, 0.1) is 11.3 Å². The van der Waals surface area contributed by atoms with Gasteiger partial charge in [0.2, 0.25) is 11.8 Å². The standard InChI is InChI=1S/C19H27N3O2/c1-19(7-9-20-10-8-19)14-21-18(24)16-11-17(23)22(13-16)12-15-5-3-2-4-6-15/h2-6,16,20H,7-14H2,1H3,(H,21,24). The molecule has 1 unspecified atom stereocenters. The number of amides is 2. The van der Waals surface area contributed by atoms with Gasteiger partial charge in [-0.3, -0.25) is 9.59 Å². The smallest absolute Gasteiger partial charge is 0.225 e. The first kappa shape index (κ1) is 17.0. The molecule has 2 fully saturated rings. The molecule has 1 aromatic rings. The van der Waals surface area contributed by atoms with Crippen LogP contribution in [0.1, 0.15) is 31.7 Å². The van der Waals surface area contributed by atoms with Crippen LogP contribution in [0.15, 0.2) is 30.3 Å². The van der Waals surface area contributed by atoms with Crippen LogP contribution in [0.5, 0.6) is 0 Å². The van der Waals surface area contributed by atoms with Gasteiger partial charge in [-0.2, -0.15) is 0 Å². The minimum absolute atomic E-state index is 0.0265. The molecule has 0 bridgehead atoms. The van der Waals surface area contributed by atoms with Crippen molar-refractivity contribution in [2.24, 2.45) is 11.3 Å². The molecule has 2 saturated heterocycles.